The predicted molar refractivity (Wildman–Crippen MR) is 492 cm³/mol. The Labute approximate surface area is 728 Å². The van der Waals surface area contributed by atoms with E-state index >= 15 is 0 Å². The zero-order chi connectivity index (χ0) is 86.8. The van der Waals surface area contributed by atoms with Crippen LogP contribution in [0.1, 0.15) is 113 Å². The highest BCUT2D eigenvalue weighted by Crippen LogP contribution is 2.34. The van der Waals surface area contributed by atoms with E-state index in [9.17, 15) is 19.2 Å². The lowest BCUT2D eigenvalue weighted by atomic mass is 9.86. The fourth-order valence-electron chi connectivity index (χ4n) is 13.9. The molecule has 0 aliphatic carbocycles. The minimum atomic E-state index is -2.03. The van der Waals surface area contributed by atoms with E-state index in [4.69, 9.17) is 41.3 Å². The molecule has 0 saturated heterocycles. The van der Waals surface area contributed by atoms with Crippen LogP contribution in [0.2, 0.25) is 96.7 Å². The fourth-order valence-corrected chi connectivity index (χ4v) is 45.2. The van der Waals surface area contributed by atoms with Crippen molar-refractivity contribution in [3.63, 3.8) is 0 Å². The van der Waals surface area contributed by atoms with Gasteiger partial charge in [0.05, 0.1) is 89.7 Å². The number of carbonyl (C=O) groups excluding carboxylic acids is 4. The Hall–Kier alpha value is -7.35. The number of carbonyl (C=O) groups is 4. The summed E-state index contributed by atoms with van der Waals surface area (Å²) >= 11 is 5.11. The summed E-state index contributed by atoms with van der Waals surface area (Å²) in [4.78, 5) is 68.3. The maximum Gasteiger partial charge on any atom is 0.307 e. The van der Waals surface area contributed by atoms with Crippen molar-refractivity contribution in [3.05, 3.63) is 174 Å². The maximum atomic E-state index is 14.2. The van der Waals surface area contributed by atoms with Gasteiger partial charge < -0.3 is 46.7 Å². The second-order valence-electron chi connectivity index (χ2n) is 35.9. The van der Waals surface area contributed by atoms with Gasteiger partial charge in [-0.15, -0.1) is 27.1 Å². The van der Waals surface area contributed by atoms with E-state index < -0.39 is 66.9 Å². The van der Waals surface area contributed by atoms with E-state index in [0.717, 1.165) is 116 Å². The summed E-state index contributed by atoms with van der Waals surface area (Å²) in [5.41, 5.74) is 8.77. The molecule has 0 radical (unpaired) electrons. The predicted octanol–water partition coefficient (Wildman–Crippen LogP) is 16.8. The Balaban J connectivity index is 0.821. The van der Waals surface area contributed by atoms with Crippen LogP contribution in [0.15, 0.2) is 156 Å². The summed E-state index contributed by atoms with van der Waals surface area (Å²) in [6, 6.07) is 35.8. The van der Waals surface area contributed by atoms with Gasteiger partial charge in [-0.1, -0.05) is 131 Å². The molecule has 0 spiro atoms. The highest BCUT2D eigenvalue weighted by atomic mass is 32.2. The first-order valence-electron chi connectivity index (χ1n) is 41.3. The smallest absolute Gasteiger partial charge is 0.307 e. The number of Topliss-reactive ketones (excluding diaryl/α,β-unsaturated/α-hetero) is 1. The molecule has 648 valence electrons. The van der Waals surface area contributed by atoms with Crippen molar-refractivity contribution in [3.8, 4) is 33.8 Å². The average Bonchev–Trinajstić information content (AvgIpc) is 1.38. The molecule has 4 aromatic carbocycles. The Bertz CT molecular complexity index is 4270. The summed E-state index contributed by atoms with van der Waals surface area (Å²) in [5.74, 6) is -0.157. The molecule has 9 aromatic rings. The highest BCUT2D eigenvalue weighted by molar-refractivity contribution is 8.01. The molecule has 5 aromatic heterocycles. The number of ketones is 1. The highest BCUT2D eigenvalue weighted by Gasteiger charge is 2.39. The average molecular weight is 1800 g/mol. The number of nitrogens with one attached hydrogen (secondary N) is 2. The monoisotopic (exact) mass is 1800 g/mol. The molecule has 1 atom stereocenters. The summed E-state index contributed by atoms with van der Waals surface area (Å²) in [7, 11) is -11.7. The number of nitrogens with zero attached hydrogens (tertiary/aromatic N) is 13. The van der Waals surface area contributed by atoms with Crippen LogP contribution in [0.3, 0.4) is 0 Å². The molecule has 0 aliphatic heterocycles. The Morgan fingerprint density at radius 2 is 0.742 bits per heavy atom. The summed E-state index contributed by atoms with van der Waals surface area (Å²) < 4.78 is 51.9. The standard InChI is InChI=1S/C85H125N15O11S3Si6/c1-65(101)23-19-20-42-115(7,8)109-119(15,16)63-113-82-88-46-72(47-89-82)51-99-54-79(93-96-99)75-34-26-70(27-35-75)57-106-60-85(45-81(104)108-84(4,5)6,59-105-56-69-24-32-74(33-25-69)78-53-98(95-92-78)50-68-30-38-77(39-31-68)112-62-118(13,14)110-116(9,10)43-21-40-86-66(2)102)61-107-58-71-28-36-76(37-29-71)80-55-100(97-94-80)52-73-48-90-83(91-49-73)114-64-120(17,18)111-117(11,12)44-22-41-87-67(3)103/h24-39,46-49,53-55H,19-23,40-45,50-52,56-64H2,1-18H3,(H,86,102)(H,87,103). The first kappa shape index (κ1) is 96.5. The van der Waals surface area contributed by atoms with Gasteiger partial charge in [-0.3, -0.25) is 14.4 Å². The van der Waals surface area contributed by atoms with Gasteiger partial charge in [0.2, 0.25) is 11.8 Å². The zero-order valence-corrected chi connectivity index (χ0v) is 82.0. The molecule has 26 nitrogen and oxygen atoms in total. The Morgan fingerprint density at radius 3 is 1.08 bits per heavy atom. The third-order valence-corrected chi connectivity index (χ3v) is 48.8. The van der Waals surface area contributed by atoms with Gasteiger partial charge in [-0.05, 0) is 178 Å². The van der Waals surface area contributed by atoms with Gasteiger partial charge in [-0.25, -0.2) is 34.0 Å². The molecule has 0 bridgehead atoms. The molecule has 0 fully saturated rings. The Kier molecular flexibility index (Phi) is 36.0. The fraction of sp³-hybridized carbons (Fsp3) is 0.506. The number of hydrogen-bond acceptors (Lipinski definition) is 24. The number of esters is 1. The van der Waals surface area contributed by atoms with Crippen molar-refractivity contribution in [2.45, 2.75) is 237 Å². The van der Waals surface area contributed by atoms with Crippen molar-refractivity contribution in [2.75, 3.05) is 49.0 Å². The van der Waals surface area contributed by atoms with Crippen LogP contribution >= 0.6 is 35.3 Å². The van der Waals surface area contributed by atoms with Crippen LogP contribution in [0.25, 0.3) is 33.8 Å². The first-order valence-corrected chi connectivity index (χ1v) is 63.0. The molecule has 2 amide bonds. The van der Waals surface area contributed by atoms with E-state index in [1.54, 1.807) is 53.7 Å². The number of aromatic nitrogens is 13. The molecule has 0 saturated carbocycles. The van der Waals surface area contributed by atoms with Crippen molar-refractivity contribution >= 4 is 109 Å². The SMILES string of the molecule is CC(=O)CCCC[Si](C)(C)O[Si](C)(C)CSc1ncc(Cn2cc(-c3ccc(COCC(COCc4ccc(-c5cn(Cc6ccc(SC[Si](C)(C)O[Si](C)(C)CCCNC(C)=O)cc6)nn5)cc4)(COCc4ccc(-c5cn(Cc6cnc(SC[Si](C)(C)O[Si](C)(C)CCCNC(C)=O)nc6)nn5)cc4)CC(=O)OC(C)(C)C)cc3)nn2)cn1. The summed E-state index contributed by atoms with van der Waals surface area (Å²) in [5, 5.41) is 36.8. The van der Waals surface area contributed by atoms with Crippen LogP contribution in [0, 0.1) is 5.41 Å². The van der Waals surface area contributed by atoms with E-state index in [2.05, 4.69) is 154 Å². The Morgan fingerprint density at radius 1 is 0.408 bits per heavy atom. The number of unbranched alkanes of at least 4 members (excludes halogenated alkanes) is 1. The van der Waals surface area contributed by atoms with Crippen molar-refractivity contribution in [1.29, 1.82) is 0 Å². The molecule has 120 heavy (non-hydrogen) atoms. The summed E-state index contributed by atoms with van der Waals surface area (Å²) in [6.07, 6.45) is 17.5. The van der Waals surface area contributed by atoms with E-state index in [1.807, 2.05) is 153 Å². The molecule has 35 heteroatoms. The summed E-state index contributed by atoms with van der Waals surface area (Å²) in [6.45, 7) is 41.4. The van der Waals surface area contributed by atoms with Crippen LogP contribution in [-0.4, -0.2) is 193 Å². The van der Waals surface area contributed by atoms with Crippen molar-refractivity contribution in [1.82, 2.24) is 75.6 Å². The van der Waals surface area contributed by atoms with Gasteiger partial charge in [-0.2, -0.15) is 0 Å². The lowest BCUT2D eigenvalue weighted by Gasteiger charge is -2.34. The molecular weight excluding hydrogens is 1670 g/mol. The molecule has 2 N–H and O–H groups in total. The molecule has 5 heterocycles. The van der Waals surface area contributed by atoms with Gasteiger partial charge in [0.25, 0.3) is 0 Å². The third kappa shape index (κ3) is 35.1. The van der Waals surface area contributed by atoms with E-state index in [-0.39, 0.29) is 63.7 Å². The molecule has 9 rings (SSSR count). The lowest BCUT2D eigenvalue weighted by Crippen LogP contribution is -2.46. The number of hydrogen-bond donors (Lipinski definition) is 2. The number of thioether (sulfide) groups is 3. The van der Waals surface area contributed by atoms with Gasteiger partial charge >= 0.3 is 5.97 Å². The normalized spacial score (nSPS) is 13.0. The largest absolute Gasteiger partial charge is 0.460 e. The van der Waals surface area contributed by atoms with Crippen molar-refractivity contribution in [2.24, 2.45) is 5.41 Å². The minimum absolute atomic E-state index is 0.00604. The molecular formula is C85H125N15O11S3Si6. The van der Waals surface area contributed by atoms with Crippen LogP contribution < -0.4 is 10.6 Å². The van der Waals surface area contributed by atoms with Crippen molar-refractivity contribution < 1.29 is 50.5 Å². The molecule has 1 unspecified atom stereocenters. The van der Waals surface area contributed by atoms with Gasteiger partial charge in [0.15, 0.2) is 60.2 Å². The number of ether oxygens (including phenoxy) is 4. The van der Waals surface area contributed by atoms with Gasteiger partial charge in [0.1, 0.15) is 28.5 Å². The van der Waals surface area contributed by atoms with Crippen LogP contribution in [0.5, 0.6) is 0 Å². The topological polar surface area (TPSA) is 301 Å². The third-order valence-electron chi connectivity index (χ3n) is 19.2. The first-order chi connectivity index (χ1) is 56.7. The quantitative estimate of drug-likeness (QED) is 0.0118. The lowest BCUT2D eigenvalue weighted by molar-refractivity contribution is -0.164. The van der Waals surface area contributed by atoms with E-state index in [1.165, 1.54) is 4.90 Å². The van der Waals surface area contributed by atoms with Gasteiger partial charge in [0, 0.05) is 107 Å². The second kappa shape index (κ2) is 44.8. The van der Waals surface area contributed by atoms with E-state index in [0.29, 0.717) is 60.8 Å². The number of amides is 2. The minimum Gasteiger partial charge on any atom is -0.460 e. The maximum absolute atomic E-state index is 14.2. The number of rotatable bonds is 51. The number of benzene rings is 4. The second-order valence-corrected chi connectivity index (χ2v) is 66.5. The zero-order valence-electron chi connectivity index (χ0n) is 73.6. The van der Waals surface area contributed by atoms with Crippen LogP contribution in [0.4, 0.5) is 0 Å². The van der Waals surface area contributed by atoms with Crippen LogP contribution in [-0.2, 0) is 89.9 Å². The molecule has 0 aliphatic rings.